The standard InChI is InChI=1S/C17H19N5O3/c1-11-18-17(20-25-11)14-7-4-8-21(14)10-16(24)22-9-15(23)19-12-5-2-3-6-13(12)22/h2-3,5-6,14H,4,7-10H2,1H3,(H,19,23)/t14-/m1/s1. The van der Waals surface area contributed by atoms with E-state index in [0.717, 1.165) is 25.1 Å². The summed E-state index contributed by atoms with van der Waals surface area (Å²) >= 11 is 0. The van der Waals surface area contributed by atoms with Crippen LogP contribution in [0.1, 0.15) is 30.6 Å². The number of anilines is 2. The maximum Gasteiger partial charge on any atom is 0.244 e. The molecule has 2 amide bonds. The van der Waals surface area contributed by atoms with Gasteiger partial charge in [-0.25, -0.2) is 0 Å². The van der Waals surface area contributed by atoms with Gasteiger partial charge in [0.25, 0.3) is 0 Å². The van der Waals surface area contributed by atoms with Crippen LogP contribution in [-0.2, 0) is 9.59 Å². The Morgan fingerprint density at radius 3 is 3.04 bits per heavy atom. The average Bonchev–Trinajstić information content (AvgIpc) is 3.22. The SMILES string of the molecule is Cc1nc([C@H]2CCCN2CC(=O)N2CC(=O)Nc3ccccc32)no1. The molecule has 3 heterocycles. The summed E-state index contributed by atoms with van der Waals surface area (Å²) in [5.41, 5.74) is 1.40. The van der Waals surface area contributed by atoms with E-state index in [0.29, 0.717) is 17.4 Å². The zero-order valence-electron chi connectivity index (χ0n) is 13.9. The van der Waals surface area contributed by atoms with Gasteiger partial charge in [-0.1, -0.05) is 17.3 Å². The zero-order valence-corrected chi connectivity index (χ0v) is 13.9. The minimum atomic E-state index is -0.182. The second-order valence-corrected chi connectivity index (χ2v) is 6.35. The van der Waals surface area contributed by atoms with Gasteiger partial charge in [0.15, 0.2) is 5.82 Å². The third kappa shape index (κ3) is 3.00. The van der Waals surface area contributed by atoms with Crippen LogP contribution in [0.25, 0.3) is 0 Å². The lowest BCUT2D eigenvalue weighted by Gasteiger charge is -2.31. The first kappa shape index (κ1) is 15.8. The normalized spacial score (nSPS) is 20.4. The molecule has 0 saturated carbocycles. The molecule has 0 unspecified atom stereocenters. The summed E-state index contributed by atoms with van der Waals surface area (Å²) in [5, 5.41) is 6.80. The molecule has 0 radical (unpaired) electrons. The molecule has 0 bridgehead atoms. The monoisotopic (exact) mass is 341 g/mol. The molecular formula is C17H19N5O3. The van der Waals surface area contributed by atoms with Gasteiger partial charge < -0.3 is 9.84 Å². The molecule has 1 aromatic heterocycles. The number of rotatable bonds is 3. The van der Waals surface area contributed by atoms with E-state index in [2.05, 4.69) is 20.4 Å². The first-order valence-electron chi connectivity index (χ1n) is 8.35. The van der Waals surface area contributed by atoms with Crippen LogP contribution < -0.4 is 10.2 Å². The number of amides is 2. The molecule has 4 rings (SSSR count). The van der Waals surface area contributed by atoms with Crippen molar-refractivity contribution in [3.8, 4) is 0 Å². The molecule has 130 valence electrons. The first-order chi connectivity index (χ1) is 12.1. The number of benzene rings is 1. The summed E-state index contributed by atoms with van der Waals surface area (Å²) in [5.74, 6) is 0.864. The number of aryl methyl sites for hydroxylation is 1. The fourth-order valence-electron chi connectivity index (χ4n) is 3.47. The van der Waals surface area contributed by atoms with E-state index in [1.165, 1.54) is 0 Å². The quantitative estimate of drug-likeness (QED) is 0.910. The van der Waals surface area contributed by atoms with Crippen molar-refractivity contribution in [1.29, 1.82) is 0 Å². The van der Waals surface area contributed by atoms with Gasteiger partial charge in [-0.15, -0.1) is 0 Å². The van der Waals surface area contributed by atoms with Crippen LogP contribution in [0.3, 0.4) is 0 Å². The van der Waals surface area contributed by atoms with E-state index in [-0.39, 0.29) is 30.9 Å². The van der Waals surface area contributed by atoms with Crippen LogP contribution >= 0.6 is 0 Å². The van der Waals surface area contributed by atoms with Gasteiger partial charge in [-0.2, -0.15) is 4.98 Å². The first-order valence-corrected chi connectivity index (χ1v) is 8.35. The number of nitrogens with one attached hydrogen (secondary N) is 1. The van der Waals surface area contributed by atoms with Gasteiger partial charge >= 0.3 is 0 Å². The Balaban J connectivity index is 1.53. The van der Waals surface area contributed by atoms with Crippen molar-refractivity contribution in [2.24, 2.45) is 0 Å². The molecule has 1 atom stereocenters. The lowest BCUT2D eigenvalue weighted by molar-refractivity contribution is -0.122. The Morgan fingerprint density at radius 2 is 2.24 bits per heavy atom. The maximum absolute atomic E-state index is 12.9. The predicted molar refractivity (Wildman–Crippen MR) is 90.0 cm³/mol. The number of hydrogen-bond acceptors (Lipinski definition) is 6. The number of para-hydroxylation sites is 2. The van der Waals surface area contributed by atoms with Crippen LogP contribution in [0.15, 0.2) is 28.8 Å². The van der Waals surface area contributed by atoms with E-state index < -0.39 is 0 Å². The van der Waals surface area contributed by atoms with Crippen LogP contribution in [0, 0.1) is 6.92 Å². The minimum Gasteiger partial charge on any atom is -0.340 e. The number of carbonyl (C=O) groups is 2. The Kier molecular flexibility index (Phi) is 3.96. The summed E-state index contributed by atoms with van der Waals surface area (Å²) in [6.07, 6.45) is 1.87. The summed E-state index contributed by atoms with van der Waals surface area (Å²) in [6.45, 7) is 2.81. The van der Waals surface area contributed by atoms with E-state index in [1.807, 2.05) is 18.2 Å². The molecule has 1 fully saturated rings. The minimum absolute atomic E-state index is 0.0183. The fourth-order valence-corrected chi connectivity index (χ4v) is 3.47. The Morgan fingerprint density at radius 1 is 1.40 bits per heavy atom. The molecule has 1 saturated heterocycles. The summed E-state index contributed by atoms with van der Waals surface area (Å²) in [6, 6.07) is 7.32. The molecular weight excluding hydrogens is 322 g/mol. The molecule has 0 spiro atoms. The smallest absolute Gasteiger partial charge is 0.244 e. The summed E-state index contributed by atoms with van der Waals surface area (Å²) in [4.78, 5) is 32.7. The molecule has 8 nitrogen and oxygen atoms in total. The van der Waals surface area contributed by atoms with Crippen molar-refractivity contribution in [3.63, 3.8) is 0 Å². The lowest BCUT2D eigenvalue weighted by atomic mass is 10.2. The summed E-state index contributed by atoms with van der Waals surface area (Å²) < 4.78 is 5.07. The zero-order chi connectivity index (χ0) is 17.4. The number of nitrogens with zero attached hydrogens (tertiary/aromatic N) is 4. The highest BCUT2D eigenvalue weighted by Crippen LogP contribution is 2.32. The second kappa shape index (κ2) is 6.29. The highest BCUT2D eigenvalue weighted by atomic mass is 16.5. The van der Waals surface area contributed by atoms with Crippen molar-refractivity contribution in [2.45, 2.75) is 25.8 Å². The second-order valence-electron chi connectivity index (χ2n) is 6.35. The molecule has 2 aliphatic heterocycles. The van der Waals surface area contributed by atoms with Crippen LogP contribution in [0.5, 0.6) is 0 Å². The average molecular weight is 341 g/mol. The van der Waals surface area contributed by atoms with Gasteiger partial charge in [-0.05, 0) is 31.5 Å². The number of likely N-dealkylation sites (tertiary alicyclic amines) is 1. The van der Waals surface area contributed by atoms with Crippen molar-refractivity contribution >= 4 is 23.2 Å². The Hall–Kier alpha value is -2.74. The van der Waals surface area contributed by atoms with Gasteiger partial charge in [0.05, 0.1) is 24.0 Å². The molecule has 2 aliphatic rings. The molecule has 0 aliphatic carbocycles. The van der Waals surface area contributed by atoms with E-state index in [4.69, 9.17) is 4.52 Å². The maximum atomic E-state index is 12.9. The predicted octanol–water partition coefficient (Wildman–Crippen LogP) is 1.50. The number of aromatic nitrogens is 2. The molecule has 2 aromatic rings. The summed E-state index contributed by atoms with van der Waals surface area (Å²) in [7, 11) is 0. The van der Waals surface area contributed by atoms with Crippen molar-refractivity contribution in [1.82, 2.24) is 15.0 Å². The van der Waals surface area contributed by atoms with Gasteiger partial charge in [0.1, 0.15) is 6.54 Å². The van der Waals surface area contributed by atoms with Crippen LogP contribution in [-0.4, -0.2) is 46.5 Å². The lowest BCUT2D eigenvalue weighted by Crippen LogP contribution is -2.46. The fraction of sp³-hybridized carbons (Fsp3) is 0.412. The highest BCUT2D eigenvalue weighted by Gasteiger charge is 2.34. The Bertz CT molecular complexity index is 818. The number of fused-ring (bicyclic) bond motifs is 1. The number of hydrogen-bond donors (Lipinski definition) is 1. The van der Waals surface area contributed by atoms with Crippen LogP contribution in [0.4, 0.5) is 11.4 Å². The topological polar surface area (TPSA) is 91.6 Å². The van der Waals surface area contributed by atoms with Gasteiger partial charge in [0, 0.05) is 6.92 Å². The van der Waals surface area contributed by atoms with Crippen molar-refractivity contribution < 1.29 is 14.1 Å². The third-order valence-electron chi connectivity index (χ3n) is 4.62. The van der Waals surface area contributed by atoms with Crippen molar-refractivity contribution in [2.75, 3.05) is 29.9 Å². The van der Waals surface area contributed by atoms with Crippen molar-refractivity contribution in [3.05, 3.63) is 36.0 Å². The van der Waals surface area contributed by atoms with Crippen LogP contribution in [0.2, 0.25) is 0 Å². The molecule has 1 aromatic carbocycles. The largest absolute Gasteiger partial charge is 0.340 e. The Labute approximate surface area is 144 Å². The number of carbonyl (C=O) groups excluding carboxylic acids is 2. The van der Waals surface area contributed by atoms with E-state index >= 15 is 0 Å². The van der Waals surface area contributed by atoms with Gasteiger partial charge in [-0.3, -0.25) is 19.4 Å². The van der Waals surface area contributed by atoms with Gasteiger partial charge in [0.2, 0.25) is 17.7 Å². The third-order valence-corrected chi connectivity index (χ3v) is 4.62. The molecule has 1 N–H and O–H groups in total. The highest BCUT2D eigenvalue weighted by molar-refractivity contribution is 6.10. The van der Waals surface area contributed by atoms with E-state index in [1.54, 1.807) is 17.9 Å². The molecule has 25 heavy (non-hydrogen) atoms. The molecule has 8 heteroatoms. The van der Waals surface area contributed by atoms with E-state index in [9.17, 15) is 9.59 Å².